The predicted molar refractivity (Wildman–Crippen MR) is 63.1 cm³/mol. The summed E-state index contributed by atoms with van der Waals surface area (Å²) in [5.41, 5.74) is 0. The van der Waals surface area contributed by atoms with Gasteiger partial charge in [-0.1, -0.05) is 33.1 Å². The summed E-state index contributed by atoms with van der Waals surface area (Å²) in [5.74, 6) is -1.95. The molecule has 2 unspecified atom stereocenters. The molecule has 0 aromatic rings. The monoisotopic (exact) mass is 229 g/mol. The molecular weight excluding hydrogens is 206 g/mol. The Labute approximate surface area is 97.4 Å². The van der Waals surface area contributed by atoms with Crippen molar-refractivity contribution in [2.45, 2.75) is 46.5 Å². The second kappa shape index (κ2) is 8.13. The van der Waals surface area contributed by atoms with Gasteiger partial charge in [0.25, 0.3) is 0 Å². The van der Waals surface area contributed by atoms with Crippen molar-refractivity contribution in [1.29, 1.82) is 0 Å². The normalized spacial score (nSPS) is 14.2. The van der Waals surface area contributed by atoms with E-state index in [-0.39, 0.29) is 5.91 Å². The molecule has 0 spiro atoms. The number of hydrogen-bond acceptors (Lipinski definition) is 2. The Morgan fingerprint density at radius 3 is 2.38 bits per heavy atom. The van der Waals surface area contributed by atoms with E-state index in [4.69, 9.17) is 5.11 Å². The van der Waals surface area contributed by atoms with Gasteiger partial charge in [0.05, 0.1) is 0 Å². The van der Waals surface area contributed by atoms with E-state index in [9.17, 15) is 9.59 Å². The third-order valence-corrected chi connectivity index (χ3v) is 2.87. The first-order chi connectivity index (χ1) is 7.52. The molecule has 0 aliphatic heterocycles. The molecule has 16 heavy (non-hydrogen) atoms. The third kappa shape index (κ3) is 5.73. The number of carboxylic acids is 1. The van der Waals surface area contributed by atoms with E-state index in [0.717, 1.165) is 25.7 Å². The van der Waals surface area contributed by atoms with Crippen LogP contribution >= 0.6 is 0 Å². The highest BCUT2D eigenvalue weighted by atomic mass is 16.4. The van der Waals surface area contributed by atoms with Crippen LogP contribution in [0.3, 0.4) is 0 Å². The van der Waals surface area contributed by atoms with Crippen LogP contribution in [-0.4, -0.2) is 23.5 Å². The Bertz CT molecular complexity index is 228. The number of unbranched alkanes of at least 4 members (excludes halogenated alkanes) is 1. The maximum atomic E-state index is 11.4. The molecule has 0 heterocycles. The molecule has 0 aromatic heterocycles. The van der Waals surface area contributed by atoms with Gasteiger partial charge in [0.1, 0.15) is 5.92 Å². The van der Waals surface area contributed by atoms with Gasteiger partial charge in [-0.15, -0.1) is 0 Å². The predicted octanol–water partition coefficient (Wildman–Crippen LogP) is 2.04. The van der Waals surface area contributed by atoms with Gasteiger partial charge in [-0.2, -0.15) is 0 Å². The number of aliphatic carboxylic acids is 1. The second-order valence-electron chi connectivity index (χ2n) is 4.22. The van der Waals surface area contributed by atoms with Crippen LogP contribution < -0.4 is 5.32 Å². The zero-order valence-electron chi connectivity index (χ0n) is 10.5. The highest BCUT2D eigenvalue weighted by Gasteiger charge is 2.20. The van der Waals surface area contributed by atoms with E-state index >= 15 is 0 Å². The standard InChI is InChI=1S/C12H23NO3/c1-4-6-7-10(5-2)8-13-11(14)9(3)12(15)16/h9-10H,4-8H2,1-3H3,(H,13,14)(H,15,16). The maximum absolute atomic E-state index is 11.4. The molecule has 2 atom stereocenters. The average molecular weight is 229 g/mol. The first kappa shape index (κ1) is 14.9. The Hall–Kier alpha value is -1.06. The van der Waals surface area contributed by atoms with Crippen LogP contribution in [0.25, 0.3) is 0 Å². The lowest BCUT2D eigenvalue weighted by atomic mass is 9.99. The second-order valence-corrected chi connectivity index (χ2v) is 4.22. The van der Waals surface area contributed by atoms with Crippen molar-refractivity contribution >= 4 is 11.9 Å². The van der Waals surface area contributed by atoms with E-state index in [1.54, 1.807) is 0 Å². The smallest absolute Gasteiger partial charge is 0.315 e. The molecule has 0 aromatic carbocycles. The topological polar surface area (TPSA) is 66.4 Å². The molecule has 0 aliphatic carbocycles. The van der Waals surface area contributed by atoms with Crippen LogP contribution in [-0.2, 0) is 9.59 Å². The summed E-state index contributed by atoms with van der Waals surface area (Å²) in [6, 6.07) is 0. The molecule has 0 saturated heterocycles. The van der Waals surface area contributed by atoms with Crippen molar-refractivity contribution in [3.8, 4) is 0 Å². The number of rotatable bonds is 8. The lowest BCUT2D eigenvalue weighted by molar-refractivity contribution is -0.146. The van der Waals surface area contributed by atoms with Gasteiger partial charge in [0.2, 0.25) is 5.91 Å². The summed E-state index contributed by atoms with van der Waals surface area (Å²) in [6.45, 7) is 6.22. The highest BCUT2D eigenvalue weighted by Crippen LogP contribution is 2.11. The Balaban J connectivity index is 3.92. The van der Waals surface area contributed by atoms with Crippen molar-refractivity contribution in [3.63, 3.8) is 0 Å². The van der Waals surface area contributed by atoms with E-state index in [1.807, 2.05) is 0 Å². The quantitative estimate of drug-likeness (QED) is 0.626. The van der Waals surface area contributed by atoms with Crippen LogP contribution in [0.4, 0.5) is 0 Å². The summed E-state index contributed by atoms with van der Waals surface area (Å²) in [6.07, 6.45) is 4.41. The van der Waals surface area contributed by atoms with E-state index in [0.29, 0.717) is 12.5 Å². The number of nitrogens with one attached hydrogen (secondary N) is 1. The SMILES string of the molecule is CCCCC(CC)CNC(=O)C(C)C(=O)O. The minimum absolute atomic E-state index is 0.387. The Morgan fingerprint density at radius 1 is 1.31 bits per heavy atom. The van der Waals surface area contributed by atoms with Gasteiger partial charge in [-0.25, -0.2) is 0 Å². The zero-order valence-corrected chi connectivity index (χ0v) is 10.5. The van der Waals surface area contributed by atoms with E-state index in [1.165, 1.54) is 6.92 Å². The lowest BCUT2D eigenvalue weighted by Crippen LogP contribution is -2.36. The van der Waals surface area contributed by atoms with Crippen LogP contribution in [0.2, 0.25) is 0 Å². The lowest BCUT2D eigenvalue weighted by Gasteiger charge is -2.16. The fraction of sp³-hybridized carbons (Fsp3) is 0.833. The van der Waals surface area contributed by atoms with Crippen LogP contribution in [0, 0.1) is 11.8 Å². The summed E-state index contributed by atoms with van der Waals surface area (Å²) >= 11 is 0. The number of hydrogen-bond donors (Lipinski definition) is 2. The van der Waals surface area contributed by atoms with E-state index < -0.39 is 11.9 Å². The zero-order chi connectivity index (χ0) is 12.6. The molecule has 1 amide bonds. The minimum atomic E-state index is -1.07. The number of carboxylic acid groups (broad SMARTS) is 1. The van der Waals surface area contributed by atoms with Gasteiger partial charge in [0.15, 0.2) is 0 Å². The first-order valence-corrected chi connectivity index (χ1v) is 6.03. The fourth-order valence-corrected chi connectivity index (χ4v) is 1.45. The Morgan fingerprint density at radius 2 is 1.94 bits per heavy atom. The molecule has 0 fully saturated rings. The van der Waals surface area contributed by atoms with Gasteiger partial charge in [-0.3, -0.25) is 9.59 Å². The highest BCUT2D eigenvalue weighted by molar-refractivity contribution is 5.96. The number of carbonyl (C=O) groups excluding carboxylic acids is 1. The van der Waals surface area contributed by atoms with Gasteiger partial charge in [0, 0.05) is 6.54 Å². The summed E-state index contributed by atoms with van der Waals surface area (Å²) in [5, 5.41) is 11.4. The van der Waals surface area contributed by atoms with Gasteiger partial charge >= 0.3 is 5.97 Å². The summed E-state index contributed by atoms with van der Waals surface area (Å²) in [7, 11) is 0. The Kier molecular flexibility index (Phi) is 7.60. The largest absolute Gasteiger partial charge is 0.481 e. The average Bonchev–Trinajstić information content (AvgIpc) is 2.27. The molecule has 0 saturated carbocycles. The molecule has 0 aliphatic rings. The molecule has 4 nitrogen and oxygen atoms in total. The molecular formula is C12H23NO3. The molecule has 94 valence electrons. The van der Waals surface area contributed by atoms with E-state index in [2.05, 4.69) is 19.2 Å². The van der Waals surface area contributed by atoms with Crippen molar-refractivity contribution in [3.05, 3.63) is 0 Å². The maximum Gasteiger partial charge on any atom is 0.315 e. The fourth-order valence-electron chi connectivity index (χ4n) is 1.45. The number of amides is 1. The van der Waals surface area contributed by atoms with Crippen molar-refractivity contribution in [1.82, 2.24) is 5.32 Å². The molecule has 4 heteroatoms. The molecule has 0 rings (SSSR count). The van der Waals surface area contributed by atoms with Crippen LogP contribution in [0.15, 0.2) is 0 Å². The van der Waals surface area contributed by atoms with Crippen molar-refractivity contribution in [2.24, 2.45) is 11.8 Å². The summed E-state index contributed by atoms with van der Waals surface area (Å²) < 4.78 is 0. The summed E-state index contributed by atoms with van der Waals surface area (Å²) in [4.78, 5) is 22.0. The van der Waals surface area contributed by atoms with Crippen LogP contribution in [0.1, 0.15) is 46.5 Å². The molecule has 2 N–H and O–H groups in total. The first-order valence-electron chi connectivity index (χ1n) is 6.03. The van der Waals surface area contributed by atoms with Crippen molar-refractivity contribution < 1.29 is 14.7 Å². The van der Waals surface area contributed by atoms with Gasteiger partial charge < -0.3 is 10.4 Å². The molecule has 0 bridgehead atoms. The molecule has 0 radical (unpaired) electrons. The minimum Gasteiger partial charge on any atom is -0.481 e. The van der Waals surface area contributed by atoms with Crippen molar-refractivity contribution in [2.75, 3.05) is 6.54 Å². The third-order valence-electron chi connectivity index (χ3n) is 2.87. The van der Waals surface area contributed by atoms with Crippen LogP contribution in [0.5, 0.6) is 0 Å². The number of carbonyl (C=O) groups is 2. The van der Waals surface area contributed by atoms with Gasteiger partial charge in [-0.05, 0) is 19.3 Å².